The molecule has 0 spiro atoms. The summed E-state index contributed by atoms with van der Waals surface area (Å²) in [5, 5.41) is 5.10. The molecule has 0 aromatic carbocycles. The smallest absolute Gasteiger partial charge is 0.214 e. The normalized spacial score (nSPS) is 20.4. The van der Waals surface area contributed by atoms with E-state index in [0.717, 1.165) is 25.7 Å². The van der Waals surface area contributed by atoms with Gasteiger partial charge >= 0.3 is 0 Å². The maximum absolute atomic E-state index is 11.1. The van der Waals surface area contributed by atoms with Crippen molar-refractivity contribution < 1.29 is 8.42 Å². The third-order valence-electron chi connectivity index (χ3n) is 2.45. The molecule has 0 aromatic rings. The molecule has 0 radical (unpaired) electrons. The molecule has 4 heteroatoms. The van der Waals surface area contributed by atoms with Crippen LogP contribution in [-0.4, -0.2) is 13.2 Å². The van der Waals surface area contributed by atoms with E-state index in [9.17, 15) is 8.42 Å². The van der Waals surface area contributed by atoms with Gasteiger partial charge in [0.05, 0.1) is 4.75 Å². The van der Waals surface area contributed by atoms with E-state index in [1.807, 2.05) is 0 Å². The van der Waals surface area contributed by atoms with Crippen LogP contribution in [0.15, 0.2) is 12.7 Å². The van der Waals surface area contributed by atoms with Crippen molar-refractivity contribution in [1.29, 1.82) is 0 Å². The minimum atomic E-state index is -3.31. The van der Waals surface area contributed by atoms with Crippen LogP contribution in [0.25, 0.3) is 0 Å². The Kier molecular flexibility index (Phi) is 2.58. The van der Waals surface area contributed by atoms with E-state index >= 15 is 0 Å². The molecule has 0 atom stereocenters. The molecule has 0 amide bonds. The van der Waals surface area contributed by atoms with Gasteiger partial charge in [-0.05, 0) is 32.1 Å². The van der Waals surface area contributed by atoms with Crippen LogP contribution in [0.4, 0.5) is 0 Å². The van der Waals surface area contributed by atoms with Crippen LogP contribution < -0.4 is 5.14 Å². The molecule has 0 aliphatic heterocycles. The fraction of sp³-hybridized carbons (Fsp3) is 0.750. The molecule has 1 saturated carbocycles. The first-order valence-electron chi connectivity index (χ1n) is 4.15. The average molecular weight is 189 g/mol. The second-order valence-corrected chi connectivity index (χ2v) is 5.36. The molecular formula is C8H15NO2S. The SMILES string of the molecule is C=CCCCC1(S(N)(=O)=O)CC1. The zero-order valence-electron chi connectivity index (χ0n) is 7.12. The maximum Gasteiger partial charge on any atom is 0.214 e. The third kappa shape index (κ3) is 1.87. The van der Waals surface area contributed by atoms with E-state index in [2.05, 4.69) is 6.58 Å². The second-order valence-electron chi connectivity index (χ2n) is 3.41. The van der Waals surface area contributed by atoms with Gasteiger partial charge in [-0.1, -0.05) is 6.08 Å². The van der Waals surface area contributed by atoms with Crippen LogP contribution >= 0.6 is 0 Å². The quantitative estimate of drug-likeness (QED) is 0.521. The minimum absolute atomic E-state index is 0.560. The Balaban J connectivity index is 2.46. The summed E-state index contributed by atoms with van der Waals surface area (Å²) in [6, 6.07) is 0. The molecule has 2 N–H and O–H groups in total. The van der Waals surface area contributed by atoms with Crippen LogP contribution in [0.5, 0.6) is 0 Å². The van der Waals surface area contributed by atoms with E-state index in [-0.39, 0.29) is 0 Å². The highest BCUT2D eigenvalue weighted by Gasteiger charge is 2.51. The fourth-order valence-electron chi connectivity index (χ4n) is 1.38. The van der Waals surface area contributed by atoms with Gasteiger partial charge < -0.3 is 0 Å². The molecule has 1 aliphatic carbocycles. The predicted molar refractivity (Wildman–Crippen MR) is 49.1 cm³/mol. The van der Waals surface area contributed by atoms with Crippen molar-refractivity contribution >= 4 is 10.0 Å². The number of allylic oxidation sites excluding steroid dienone is 1. The van der Waals surface area contributed by atoms with Crippen molar-refractivity contribution in [3.05, 3.63) is 12.7 Å². The summed E-state index contributed by atoms with van der Waals surface area (Å²) in [6.07, 6.45) is 5.72. The average Bonchev–Trinajstić information content (AvgIpc) is 2.67. The predicted octanol–water partition coefficient (Wildman–Crippen LogP) is 1.16. The van der Waals surface area contributed by atoms with Crippen LogP contribution in [0.2, 0.25) is 0 Å². The molecule has 12 heavy (non-hydrogen) atoms. The lowest BCUT2D eigenvalue weighted by molar-refractivity contribution is 0.563. The molecule has 0 heterocycles. The summed E-state index contributed by atoms with van der Waals surface area (Å²) in [6.45, 7) is 3.58. The Morgan fingerprint density at radius 3 is 2.42 bits per heavy atom. The molecule has 1 aliphatic rings. The van der Waals surface area contributed by atoms with Gasteiger partial charge in [0, 0.05) is 0 Å². The highest BCUT2D eigenvalue weighted by atomic mass is 32.2. The molecule has 1 fully saturated rings. The topological polar surface area (TPSA) is 60.2 Å². The number of hydrogen-bond donors (Lipinski definition) is 1. The summed E-state index contributed by atoms with van der Waals surface area (Å²) in [5.74, 6) is 0. The van der Waals surface area contributed by atoms with Crippen LogP contribution in [0.3, 0.4) is 0 Å². The molecule has 0 saturated heterocycles. The number of hydrogen-bond acceptors (Lipinski definition) is 2. The number of nitrogens with two attached hydrogens (primary N) is 1. The minimum Gasteiger partial charge on any atom is -0.228 e. The Morgan fingerprint density at radius 1 is 1.50 bits per heavy atom. The molecule has 0 unspecified atom stereocenters. The van der Waals surface area contributed by atoms with E-state index in [4.69, 9.17) is 5.14 Å². The van der Waals surface area contributed by atoms with Gasteiger partial charge in [0.15, 0.2) is 0 Å². The lowest BCUT2D eigenvalue weighted by Crippen LogP contribution is -2.30. The van der Waals surface area contributed by atoms with Crippen molar-refractivity contribution in [3.8, 4) is 0 Å². The van der Waals surface area contributed by atoms with Crippen molar-refractivity contribution in [2.75, 3.05) is 0 Å². The lowest BCUT2D eigenvalue weighted by atomic mass is 10.2. The first-order chi connectivity index (χ1) is 5.52. The van der Waals surface area contributed by atoms with Gasteiger partial charge in [-0.2, -0.15) is 0 Å². The van der Waals surface area contributed by atoms with Crippen molar-refractivity contribution in [1.82, 2.24) is 0 Å². The standard InChI is InChI=1S/C8H15NO2S/c1-2-3-4-5-8(6-7-8)12(9,10)11/h2H,1,3-7H2,(H2,9,10,11). The molecular weight excluding hydrogens is 174 g/mol. The molecule has 70 valence electrons. The molecule has 0 bridgehead atoms. The first kappa shape index (κ1) is 9.74. The number of sulfonamides is 1. The Bertz CT molecular complexity index is 265. The zero-order valence-corrected chi connectivity index (χ0v) is 7.94. The summed E-state index contributed by atoms with van der Waals surface area (Å²) >= 11 is 0. The van der Waals surface area contributed by atoms with Gasteiger partial charge in [-0.25, -0.2) is 13.6 Å². The van der Waals surface area contributed by atoms with E-state index < -0.39 is 14.8 Å². The van der Waals surface area contributed by atoms with E-state index in [1.54, 1.807) is 6.08 Å². The summed E-state index contributed by atoms with van der Waals surface area (Å²) in [7, 11) is -3.31. The van der Waals surface area contributed by atoms with Gasteiger partial charge in [0.2, 0.25) is 10.0 Å². The zero-order chi connectivity index (χ0) is 9.24. The van der Waals surface area contributed by atoms with Gasteiger partial charge in [-0.3, -0.25) is 0 Å². The number of unbranched alkanes of at least 4 members (excludes halogenated alkanes) is 1. The Hall–Kier alpha value is -0.350. The monoisotopic (exact) mass is 189 g/mol. The summed E-state index contributed by atoms with van der Waals surface area (Å²) in [5.41, 5.74) is 0. The first-order valence-corrected chi connectivity index (χ1v) is 5.70. The number of rotatable bonds is 5. The lowest BCUT2D eigenvalue weighted by Gasteiger charge is -2.10. The van der Waals surface area contributed by atoms with E-state index in [0.29, 0.717) is 6.42 Å². The maximum atomic E-state index is 11.1. The van der Waals surface area contributed by atoms with Gasteiger partial charge in [-0.15, -0.1) is 6.58 Å². The highest BCUT2D eigenvalue weighted by molar-refractivity contribution is 7.90. The summed E-state index contributed by atoms with van der Waals surface area (Å²) < 4.78 is 21.6. The summed E-state index contributed by atoms with van der Waals surface area (Å²) in [4.78, 5) is 0. The van der Waals surface area contributed by atoms with Crippen molar-refractivity contribution in [3.63, 3.8) is 0 Å². The molecule has 1 rings (SSSR count). The third-order valence-corrected chi connectivity index (χ3v) is 4.27. The fourth-order valence-corrected chi connectivity index (χ4v) is 2.48. The van der Waals surface area contributed by atoms with E-state index in [1.165, 1.54) is 0 Å². The Morgan fingerprint density at radius 2 is 2.08 bits per heavy atom. The largest absolute Gasteiger partial charge is 0.228 e. The highest BCUT2D eigenvalue weighted by Crippen LogP contribution is 2.46. The van der Waals surface area contributed by atoms with Gasteiger partial charge in [0.25, 0.3) is 0 Å². The van der Waals surface area contributed by atoms with Crippen LogP contribution in [0, 0.1) is 0 Å². The van der Waals surface area contributed by atoms with Gasteiger partial charge in [0.1, 0.15) is 0 Å². The van der Waals surface area contributed by atoms with Crippen LogP contribution in [0.1, 0.15) is 32.1 Å². The second kappa shape index (κ2) is 3.18. The van der Waals surface area contributed by atoms with Crippen molar-refractivity contribution in [2.24, 2.45) is 5.14 Å². The van der Waals surface area contributed by atoms with Crippen molar-refractivity contribution in [2.45, 2.75) is 36.9 Å². The van der Waals surface area contributed by atoms with Crippen LogP contribution in [-0.2, 0) is 10.0 Å². The Labute approximate surface area is 73.7 Å². The molecule has 3 nitrogen and oxygen atoms in total. The molecule has 0 aromatic heterocycles. The number of primary sulfonamides is 1.